The first-order chi connectivity index (χ1) is 9.88. The molecule has 2 aliphatic rings. The van der Waals surface area contributed by atoms with Gasteiger partial charge in [0.1, 0.15) is 0 Å². The van der Waals surface area contributed by atoms with Gasteiger partial charge in [0, 0.05) is 32.7 Å². The highest BCUT2D eigenvalue weighted by Crippen LogP contribution is 2.33. The van der Waals surface area contributed by atoms with Crippen LogP contribution in [0, 0.1) is 11.8 Å². The molecule has 2 aromatic rings. The Balaban J connectivity index is 1.37. The van der Waals surface area contributed by atoms with E-state index in [0.717, 1.165) is 37.3 Å². The summed E-state index contributed by atoms with van der Waals surface area (Å²) in [5, 5.41) is 0. The van der Waals surface area contributed by atoms with Crippen molar-refractivity contribution < 1.29 is 0 Å². The molecule has 0 spiro atoms. The van der Waals surface area contributed by atoms with Crippen molar-refractivity contribution in [2.24, 2.45) is 11.8 Å². The van der Waals surface area contributed by atoms with Crippen LogP contribution in [-0.4, -0.2) is 39.8 Å². The van der Waals surface area contributed by atoms with E-state index in [0.29, 0.717) is 0 Å². The molecule has 104 valence electrons. The molecule has 0 aliphatic carbocycles. The van der Waals surface area contributed by atoms with Gasteiger partial charge < -0.3 is 4.90 Å². The number of fused-ring (bicyclic) bond motifs is 1. The van der Waals surface area contributed by atoms with Crippen molar-refractivity contribution in [2.45, 2.75) is 6.54 Å². The van der Waals surface area contributed by atoms with Crippen LogP contribution in [0.15, 0.2) is 36.5 Å². The van der Waals surface area contributed by atoms with Crippen molar-refractivity contribution in [2.75, 3.05) is 31.1 Å². The molecule has 2 atom stereocenters. The Kier molecular flexibility index (Phi) is 3.16. The van der Waals surface area contributed by atoms with Crippen molar-refractivity contribution in [1.82, 2.24) is 13.6 Å². The Morgan fingerprint density at radius 1 is 1.05 bits per heavy atom. The molecule has 1 aromatic heterocycles. The van der Waals surface area contributed by atoms with Crippen LogP contribution in [0.4, 0.5) is 5.82 Å². The molecule has 3 heterocycles. The lowest BCUT2D eigenvalue weighted by molar-refractivity contribution is 0.309. The van der Waals surface area contributed by atoms with E-state index in [-0.39, 0.29) is 0 Å². The van der Waals surface area contributed by atoms with Gasteiger partial charge in [0.25, 0.3) is 0 Å². The lowest BCUT2D eigenvalue weighted by Crippen LogP contribution is -2.28. The molecule has 2 fully saturated rings. The number of rotatable bonds is 3. The molecule has 0 bridgehead atoms. The first kappa shape index (κ1) is 12.3. The van der Waals surface area contributed by atoms with E-state index in [1.165, 1.54) is 30.4 Å². The fourth-order valence-corrected chi connectivity index (χ4v) is 3.98. The van der Waals surface area contributed by atoms with Crippen LogP contribution in [0.3, 0.4) is 0 Å². The topological polar surface area (TPSA) is 32.3 Å². The summed E-state index contributed by atoms with van der Waals surface area (Å²) in [6.07, 6.45) is 1.90. The summed E-state index contributed by atoms with van der Waals surface area (Å²) in [5.41, 5.74) is 1.42. The van der Waals surface area contributed by atoms with Crippen LogP contribution in [0.25, 0.3) is 0 Å². The molecule has 0 unspecified atom stereocenters. The van der Waals surface area contributed by atoms with E-state index < -0.39 is 0 Å². The number of hydrogen-bond acceptors (Lipinski definition) is 5. The SMILES string of the molecule is c1ccc(CN2C[C@H]3CN(c4cnsn4)C[C@@H]3C2)cc1. The van der Waals surface area contributed by atoms with Crippen molar-refractivity contribution in [3.05, 3.63) is 42.1 Å². The molecule has 4 rings (SSSR count). The number of aromatic nitrogens is 2. The van der Waals surface area contributed by atoms with E-state index in [9.17, 15) is 0 Å². The van der Waals surface area contributed by atoms with Gasteiger partial charge in [-0.05, 0) is 17.4 Å². The molecule has 0 N–H and O–H groups in total. The second-order valence-corrected chi connectivity index (χ2v) is 6.43. The average molecular weight is 286 g/mol. The van der Waals surface area contributed by atoms with E-state index in [1.54, 1.807) is 0 Å². The minimum atomic E-state index is 0.792. The lowest BCUT2D eigenvalue weighted by Gasteiger charge is -2.21. The molecule has 5 heteroatoms. The monoisotopic (exact) mass is 286 g/mol. The van der Waals surface area contributed by atoms with Crippen molar-refractivity contribution in [3.8, 4) is 0 Å². The lowest BCUT2D eigenvalue weighted by atomic mass is 10.0. The molecule has 0 radical (unpaired) electrons. The summed E-state index contributed by atoms with van der Waals surface area (Å²) in [7, 11) is 0. The van der Waals surface area contributed by atoms with Crippen LogP contribution >= 0.6 is 11.7 Å². The standard InChI is InChI=1S/C15H18N4S/c1-2-4-12(5-3-1)7-18-8-13-10-19(11-14(13)9-18)15-6-16-20-17-15/h1-6,13-14H,7-11H2/t13-,14-/m0/s1. The highest BCUT2D eigenvalue weighted by molar-refractivity contribution is 6.99. The summed E-state index contributed by atoms with van der Waals surface area (Å²) < 4.78 is 8.47. The second-order valence-electron chi connectivity index (χ2n) is 5.87. The van der Waals surface area contributed by atoms with Gasteiger partial charge in [-0.15, -0.1) is 0 Å². The Morgan fingerprint density at radius 2 is 1.80 bits per heavy atom. The average Bonchev–Trinajstić information content (AvgIpc) is 3.13. The maximum atomic E-state index is 4.36. The minimum Gasteiger partial charge on any atom is -0.354 e. The number of hydrogen-bond donors (Lipinski definition) is 0. The van der Waals surface area contributed by atoms with Crippen molar-refractivity contribution >= 4 is 17.5 Å². The van der Waals surface area contributed by atoms with Crippen LogP contribution in [-0.2, 0) is 6.54 Å². The summed E-state index contributed by atoms with van der Waals surface area (Å²) >= 11 is 1.30. The molecule has 20 heavy (non-hydrogen) atoms. The number of nitrogens with zero attached hydrogens (tertiary/aromatic N) is 4. The van der Waals surface area contributed by atoms with Crippen LogP contribution in [0.2, 0.25) is 0 Å². The van der Waals surface area contributed by atoms with E-state index >= 15 is 0 Å². The molecular weight excluding hydrogens is 268 g/mol. The Labute approximate surface area is 123 Å². The molecule has 1 aromatic carbocycles. The predicted octanol–water partition coefficient (Wildman–Crippen LogP) is 2.11. The quantitative estimate of drug-likeness (QED) is 0.865. The largest absolute Gasteiger partial charge is 0.354 e. The first-order valence-electron chi connectivity index (χ1n) is 7.17. The van der Waals surface area contributed by atoms with Gasteiger partial charge >= 0.3 is 0 Å². The normalized spacial score (nSPS) is 26.1. The summed E-state index contributed by atoms with van der Waals surface area (Å²) in [5.74, 6) is 2.65. The highest BCUT2D eigenvalue weighted by Gasteiger charge is 2.40. The molecular formula is C15H18N4S. The van der Waals surface area contributed by atoms with Gasteiger partial charge in [0.2, 0.25) is 0 Å². The number of benzene rings is 1. The third-order valence-corrected chi connectivity index (χ3v) is 4.95. The number of anilines is 1. The Bertz CT molecular complexity index is 543. The maximum absolute atomic E-state index is 4.36. The Morgan fingerprint density at radius 3 is 2.45 bits per heavy atom. The van der Waals surface area contributed by atoms with Gasteiger partial charge in [-0.2, -0.15) is 8.75 Å². The summed E-state index contributed by atoms with van der Waals surface area (Å²) in [6.45, 7) is 5.80. The first-order valence-corrected chi connectivity index (χ1v) is 7.90. The zero-order chi connectivity index (χ0) is 13.4. The fourth-order valence-electron chi connectivity index (χ4n) is 3.55. The molecule has 0 saturated carbocycles. The van der Waals surface area contributed by atoms with Gasteiger partial charge in [-0.1, -0.05) is 30.3 Å². The van der Waals surface area contributed by atoms with Gasteiger partial charge in [-0.3, -0.25) is 4.90 Å². The van der Waals surface area contributed by atoms with Crippen LogP contribution in [0.1, 0.15) is 5.56 Å². The Hall–Kier alpha value is -1.46. The number of likely N-dealkylation sites (tertiary alicyclic amines) is 1. The molecule has 4 nitrogen and oxygen atoms in total. The van der Waals surface area contributed by atoms with E-state index in [1.807, 2.05) is 6.20 Å². The highest BCUT2D eigenvalue weighted by atomic mass is 32.1. The molecule has 2 aliphatic heterocycles. The zero-order valence-electron chi connectivity index (χ0n) is 11.4. The van der Waals surface area contributed by atoms with Crippen LogP contribution in [0.5, 0.6) is 0 Å². The van der Waals surface area contributed by atoms with Crippen molar-refractivity contribution in [3.63, 3.8) is 0 Å². The third kappa shape index (κ3) is 2.31. The van der Waals surface area contributed by atoms with Crippen molar-refractivity contribution in [1.29, 1.82) is 0 Å². The van der Waals surface area contributed by atoms with Gasteiger partial charge in [-0.25, -0.2) is 0 Å². The molecule has 2 saturated heterocycles. The minimum absolute atomic E-state index is 0.792. The van der Waals surface area contributed by atoms with E-state index in [2.05, 4.69) is 48.9 Å². The molecule has 0 amide bonds. The fraction of sp³-hybridized carbons (Fsp3) is 0.467. The van der Waals surface area contributed by atoms with Gasteiger partial charge in [0.05, 0.1) is 17.9 Å². The predicted molar refractivity (Wildman–Crippen MR) is 80.8 cm³/mol. The van der Waals surface area contributed by atoms with E-state index in [4.69, 9.17) is 0 Å². The van der Waals surface area contributed by atoms with Crippen LogP contribution < -0.4 is 4.90 Å². The smallest absolute Gasteiger partial charge is 0.162 e. The van der Waals surface area contributed by atoms with Gasteiger partial charge in [0.15, 0.2) is 5.82 Å². The summed E-state index contributed by atoms with van der Waals surface area (Å²) in [6, 6.07) is 10.8. The second kappa shape index (κ2) is 5.14. The summed E-state index contributed by atoms with van der Waals surface area (Å²) in [4.78, 5) is 5.00. The maximum Gasteiger partial charge on any atom is 0.162 e. The zero-order valence-corrected chi connectivity index (χ0v) is 12.2. The third-order valence-electron chi connectivity index (χ3n) is 4.48.